The Morgan fingerprint density at radius 3 is 2.50 bits per heavy atom. The Labute approximate surface area is 99.4 Å². The van der Waals surface area contributed by atoms with E-state index < -0.39 is 12.0 Å². The Bertz CT molecular complexity index is 354. The van der Waals surface area contributed by atoms with E-state index in [0.717, 1.165) is 5.56 Å². The summed E-state index contributed by atoms with van der Waals surface area (Å²) < 4.78 is 0. The van der Waals surface area contributed by atoms with Gasteiger partial charge in [-0.2, -0.15) is 0 Å². The zero-order chi connectivity index (χ0) is 12.1. The van der Waals surface area contributed by atoms with Crippen LogP contribution in [0.3, 0.4) is 0 Å². The zero-order valence-electron chi connectivity index (χ0n) is 8.98. The summed E-state index contributed by atoms with van der Waals surface area (Å²) >= 11 is 5.78. The Morgan fingerprint density at radius 2 is 2.06 bits per heavy atom. The van der Waals surface area contributed by atoms with E-state index in [1.54, 1.807) is 19.2 Å². The van der Waals surface area contributed by atoms with Gasteiger partial charge in [0.1, 0.15) is 6.04 Å². The first-order chi connectivity index (χ1) is 7.54. The molecule has 1 rings (SSSR count). The van der Waals surface area contributed by atoms with E-state index in [-0.39, 0.29) is 6.04 Å². The summed E-state index contributed by atoms with van der Waals surface area (Å²) in [6.07, 6.45) is 0.341. The molecule has 0 heterocycles. The number of nitrogens with one attached hydrogen (secondary N) is 1. The van der Waals surface area contributed by atoms with Gasteiger partial charge in [0, 0.05) is 11.1 Å². The van der Waals surface area contributed by atoms with E-state index in [4.69, 9.17) is 22.4 Å². The topological polar surface area (TPSA) is 75.3 Å². The Balaban J connectivity index is 2.74. The number of rotatable bonds is 5. The summed E-state index contributed by atoms with van der Waals surface area (Å²) in [5, 5.41) is 12.4. The van der Waals surface area contributed by atoms with Gasteiger partial charge in [0.25, 0.3) is 0 Å². The van der Waals surface area contributed by atoms with Crippen LogP contribution >= 0.6 is 11.6 Å². The molecule has 0 spiro atoms. The highest BCUT2D eigenvalue weighted by Gasteiger charge is 2.18. The number of carboxylic acid groups (broad SMARTS) is 1. The van der Waals surface area contributed by atoms with E-state index in [2.05, 4.69) is 5.32 Å². The lowest BCUT2D eigenvalue weighted by molar-refractivity contribution is -0.138. The Kier molecular flexibility index (Phi) is 4.73. The van der Waals surface area contributed by atoms with Crippen LogP contribution in [0.25, 0.3) is 0 Å². The molecule has 0 aliphatic heterocycles. The van der Waals surface area contributed by atoms with Crippen molar-refractivity contribution in [2.75, 3.05) is 7.05 Å². The number of hydrogen-bond donors (Lipinski definition) is 3. The third-order valence-corrected chi connectivity index (χ3v) is 2.68. The van der Waals surface area contributed by atoms with Crippen molar-refractivity contribution < 1.29 is 9.90 Å². The summed E-state index contributed by atoms with van der Waals surface area (Å²) in [5.41, 5.74) is 6.47. The van der Waals surface area contributed by atoms with Gasteiger partial charge in [0.05, 0.1) is 0 Å². The second-order valence-electron chi connectivity index (χ2n) is 3.57. The molecule has 0 aliphatic rings. The van der Waals surface area contributed by atoms with Crippen LogP contribution in [0, 0.1) is 0 Å². The second kappa shape index (κ2) is 5.84. The fraction of sp³-hybridized carbons (Fsp3) is 0.364. The number of benzene rings is 1. The number of halogens is 1. The van der Waals surface area contributed by atoms with Crippen molar-refractivity contribution in [3.05, 3.63) is 34.9 Å². The molecule has 1 aromatic carbocycles. The highest BCUT2D eigenvalue weighted by molar-refractivity contribution is 6.30. The zero-order valence-corrected chi connectivity index (χ0v) is 9.74. The van der Waals surface area contributed by atoms with Crippen LogP contribution in [0.2, 0.25) is 5.02 Å². The molecule has 16 heavy (non-hydrogen) atoms. The lowest BCUT2D eigenvalue weighted by Crippen LogP contribution is -2.34. The molecular weight excluding hydrogens is 228 g/mol. The monoisotopic (exact) mass is 242 g/mol. The van der Waals surface area contributed by atoms with Gasteiger partial charge in [-0.3, -0.25) is 4.79 Å². The standard InChI is InChI=1S/C11H15ClN2O2/c1-14-10(6-9(13)11(15)16)7-2-4-8(12)5-3-7/h2-5,9-10,14H,6,13H2,1H3,(H,15,16). The lowest BCUT2D eigenvalue weighted by atomic mass is 10.00. The average molecular weight is 243 g/mol. The largest absolute Gasteiger partial charge is 0.480 e. The van der Waals surface area contributed by atoms with Gasteiger partial charge in [-0.15, -0.1) is 0 Å². The van der Waals surface area contributed by atoms with Crippen molar-refractivity contribution in [2.45, 2.75) is 18.5 Å². The molecule has 0 fully saturated rings. The van der Waals surface area contributed by atoms with E-state index in [1.165, 1.54) is 0 Å². The van der Waals surface area contributed by atoms with E-state index in [9.17, 15) is 4.79 Å². The molecule has 0 aliphatic carbocycles. The first kappa shape index (κ1) is 13.0. The quantitative estimate of drug-likeness (QED) is 0.730. The number of carbonyl (C=O) groups is 1. The molecule has 0 radical (unpaired) electrons. The van der Waals surface area contributed by atoms with Crippen molar-refractivity contribution >= 4 is 17.6 Å². The molecule has 2 unspecified atom stereocenters. The normalized spacial score (nSPS) is 14.4. The molecule has 4 N–H and O–H groups in total. The number of carboxylic acids is 1. The van der Waals surface area contributed by atoms with Crippen LogP contribution in [-0.4, -0.2) is 24.2 Å². The van der Waals surface area contributed by atoms with Gasteiger partial charge in [0.2, 0.25) is 0 Å². The smallest absolute Gasteiger partial charge is 0.320 e. The second-order valence-corrected chi connectivity index (χ2v) is 4.01. The Hall–Kier alpha value is -1.10. The maximum atomic E-state index is 10.7. The van der Waals surface area contributed by atoms with Gasteiger partial charge in [0.15, 0.2) is 0 Å². The molecular formula is C11H15ClN2O2. The SMILES string of the molecule is CNC(CC(N)C(=O)O)c1ccc(Cl)cc1. The summed E-state index contributed by atoms with van der Waals surface area (Å²) in [6, 6.07) is 6.31. The van der Waals surface area contributed by atoms with Crippen molar-refractivity contribution in [2.24, 2.45) is 5.73 Å². The first-order valence-corrected chi connectivity index (χ1v) is 5.33. The van der Waals surface area contributed by atoms with Gasteiger partial charge < -0.3 is 16.2 Å². The van der Waals surface area contributed by atoms with Crippen LogP contribution in [0.15, 0.2) is 24.3 Å². The third kappa shape index (κ3) is 3.48. The lowest BCUT2D eigenvalue weighted by Gasteiger charge is -2.18. The number of aliphatic carboxylic acids is 1. The van der Waals surface area contributed by atoms with E-state index >= 15 is 0 Å². The van der Waals surface area contributed by atoms with Gasteiger partial charge in [-0.05, 0) is 31.2 Å². The number of hydrogen-bond acceptors (Lipinski definition) is 3. The molecule has 0 saturated carbocycles. The van der Waals surface area contributed by atoms with Gasteiger partial charge in [-0.25, -0.2) is 0 Å². The third-order valence-electron chi connectivity index (χ3n) is 2.43. The molecule has 88 valence electrons. The Morgan fingerprint density at radius 1 is 1.50 bits per heavy atom. The fourth-order valence-corrected chi connectivity index (χ4v) is 1.60. The first-order valence-electron chi connectivity index (χ1n) is 4.95. The highest BCUT2D eigenvalue weighted by Crippen LogP contribution is 2.19. The molecule has 4 nitrogen and oxygen atoms in total. The van der Waals surface area contributed by atoms with Crippen LogP contribution in [0.5, 0.6) is 0 Å². The van der Waals surface area contributed by atoms with Crippen LogP contribution < -0.4 is 11.1 Å². The van der Waals surface area contributed by atoms with Crippen LogP contribution in [0.4, 0.5) is 0 Å². The fourth-order valence-electron chi connectivity index (χ4n) is 1.47. The van der Waals surface area contributed by atoms with Crippen molar-refractivity contribution in [3.63, 3.8) is 0 Å². The van der Waals surface area contributed by atoms with E-state index in [1.807, 2.05) is 12.1 Å². The molecule has 2 atom stereocenters. The van der Waals surface area contributed by atoms with Crippen molar-refractivity contribution in [1.82, 2.24) is 5.32 Å². The predicted octanol–water partition coefficient (Wildman–Crippen LogP) is 1.40. The van der Waals surface area contributed by atoms with E-state index in [0.29, 0.717) is 11.4 Å². The molecule has 5 heteroatoms. The molecule has 0 amide bonds. The summed E-state index contributed by atoms with van der Waals surface area (Å²) in [4.78, 5) is 10.7. The maximum absolute atomic E-state index is 10.7. The highest BCUT2D eigenvalue weighted by atomic mass is 35.5. The molecule has 1 aromatic rings. The average Bonchev–Trinajstić information content (AvgIpc) is 2.26. The van der Waals surface area contributed by atoms with Gasteiger partial charge >= 0.3 is 5.97 Å². The molecule has 0 aromatic heterocycles. The molecule has 0 bridgehead atoms. The maximum Gasteiger partial charge on any atom is 0.320 e. The van der Waals surface area contributed by atoms with Crippen LogP contribution in [-0.2, 0) is 4.79 Å². The minimum absolute atomic E-state index is 0.0802. The van der Waals surface area contributed by atoms with Crippen molar-refractivity contribution in [3.8, 4) is 0 Å². The predicted molar refractivity (Wildman–Crippen MR) is 63.5 cm³/mol. The minimum atomic E-state index is -0.991. The number of nitrogens with two attached hydrogens (primary N) is 1. The van der Waals surface area contributed by atoms with Crippen LogP contribution in [0.1, 0.15) is 18.0 Å². The summed E-state index contributed by atoms with van der Waals surface area (Å²) in [5.74, 6) is -0.991. The summed E-state index contributed by atoms with van der Waals surface area (Å²) in [6.45, 7) is 0. The minimum Gasteiger partial charge on any atom is -0.480 e. The molecule has 0 saturated heterocycles. The van der Waals surface area contributed by atoms with Crippen molar-refractivity contribution in [1.29, 1.82) is 0 Å². The summed E-state index contributed by atoms with van der Waals surface area (Å²) in [7, 11) is 1.77. The van der Waals surface area contributed by atoms with Gasteiger partial charge in [-0.1, -0.05) is 23.7 Å².